The van der Waals surface area contributed by atoms with Gasteiger partial charge in [0.2, 0.25) is 11.8 Å². The zero-order valence-corrected chi connectivity index (χ0v) is 14.8. The normalized spacial score (nSPS) is 29.0. The summed E-state index contributed by atoms with van der Waals surface area (Å²) in [6, 6.07) is 0. The van der Waals surface area contributed by atoms with E-state index in [-0.39, 0.29) is 16.7 Å². The molecule has 0 aromatic heterocycles. The monoisotopic (exact) mass is 320 g/mol. The average Bonchev–Trinajstić information content (AvgIpc) is 2.72. The predicted molar refractivity (Wildman–Crippen MR) is 90.8 cm³/mol. The van der Waals surface area contributed by atoms with E-state index >= 15 is 0 Å². The first-order valence-corrected chi connectivity index (χ1v) is 9.51. The minimum Gasteiger partial charge on any atom is -0.355 e. The van der Waals surface area contributed by atoms with Crippen molar-refractivity contribution in [3.8, 4) is 0 Å². The Morgan fingerprint density at radius 2 is 1.65 bits per heavy atom. The van der Waals surface area contributed by atoms with Crippen LogP contribution in [-0.4, -0.2) is 36.3 Å². The van der Waals surface area contributed by atoms with Crippen molar-refractivity contribution in [2.75, 3.05) is 19.6 Å². The second kappa shape index (κ2) is 6.45. The third kappa shape index (κ3) is 3.41. The number of nitrogens with one attached hydrogen (secondary N) is 1. The van der Waals surface area contributed by atoms with Gasteiger partial charge < -0.3 is 10.2 Å². The fraction of sp³-hybridized carbons (Fsp3) is 0.895. The molecule has 1 aliphatic heterocycles. The second-order valence-electron chi connectivity index (χ2n) is 8.65. The minimum atomic E-state index is -0.125. The maximum atomic E-state index is 12.8. The lowest BCUT2D eigenvalue weighted by Gasteiger charge is -2.41. The third-order valence-corrected chi connectivity index (χ3v) is 6.59. The molecule has 2 aliphatic carbocycles. The number of rotatable bonds is 4. The molecular formula is C19H32N2O2. The second-order valence-corrected chi connectivity index (χ2v) is 8.65. The first-order valence-electron chi connectivity index (χ1n) is 9.51. The standard InChI is InChI=1S/C19H32N2O2/c1-18(8-5-9-18)16(22)20-13-15-7-3-4-12-21(14-15)17(23)19(2)10-6-11-19/h15H,3-14H2,1-2H3,(H,20,22)/t15-/m1/s1. The van der Waals surface area contributed by atoms with Crippen LogP contribution in [0.5, 0.6) is 0 Å². The molecular weight excluding hydrogens is 288 g/mol. The molecule has 3 aliphatic rings. The highest BCUT2D eigenvalue weighted by molar-refractivity contribution is 5.83. The quantitative estimate of drug-likeness (QED) is 0.865. The lowest BCUT2D eigenvalue weighted by atomic mass is 9.69. The van der Waals surface area contributed by atoms with Gasteiger partial charge in [0.25, 0.3) is 0 Å². The Balaban J connectivity index is 1.52. The van der Waals surface area contributed by atoms with Gasteiger partial charge >= 0.3 is 0 Å². The first-order chi connectivity index (χ1) is 10.9. The van der Waals surface area contributed by atoms with E-state index in [1.165, 1.54) is 12.8 Å². The Kier molecular flexibility index (Phi) is 4.70. The van der Waals surface area contributed by atoms with Crippen molar-refractivity contribution in [1.82, 2.24) is 10.2 Å². The Labute approximate surface area is 140 Å². The predicted octanol–water partition coefficient (Wildman–Crippen LogP) is 3.11. The van der Waals surface area contributed by atoms with Crippen LogP contribution in [-0.2, 0) is 9.59 Å². The summed E-state index contributed by atoms with van der Waals surface area (Å²) in [5.74, 6) is 0.988. The zero-order chi connectivity index (χ0) is 16.5. The van der Waals surface area contributed by atoms with Gasteiger partial charge in [-0.2, -0.15) is 0 Å². The number of carbonyl (C=O) groups excluding carboxylic acids is 2. The third-order valence-electron chi connectivity index (χ3n) is 6.59. The maximum absolute atomic E-state index is 12.8. The van der Waals surface area contributed by atoms with Crippen molar-refractivity contribution in [2.45, 2.75) is 71.6 Å². The molecule has 1 heterocycles. The molecule has 130 valence electrons. The summed E-state index contributed by atoms with van der Waals surface area (Å²) >= 11 is 0. The van der Waals surface area contributed by atoms with E-state index in [4.69, 9.17) is 0 Å². The summed E-state index contributed by atoms with van der Waals surface area (Å²) in [6.07, 6.45) is 9.88. The molecule has 23 heavy (non-hydrogen) atoms. The van der Waals surface area contributed by atoms with Crippen LogP contribution in [0.2, 0.25) is 0 Å². The van der Waals surface area contributed by atoms with Crippen LogP contribution in [0.4, 0.5) is 0 Å². The lowest BCUT2D eigenvalue weighted by molar-refractivity contribution is -0.146. The average molecular weight is 320 g/mol. The number of hydrogen-bond donors (Lipinski definition) is 1. The molecule has 2 amide bonds. The Hall–Kier alpha value is -1.06. The van der Waals surface area contributed by atoms with E-state index in [9.17, 15) is 9.59 Å². The molecule has 1 N–H and O–H groups in total. The summed E-state index contributed by atoms with van der Waals surface area (Å²) in [6.45, 7) is 6.65. The largest absolute Gasteiger partial charge is 0.355 e. The van der Waals surface area contributed by atoms with Gasteiger partial charge in [-0.1, -0.05) is 33.1 Å². The smallest absolute Gasteiger partial charge is 0.228 e. The van der Waals surface area contributed by atoms with E-state index in [2.05, 4.69) is 24.1 Å². The summed E-state index contributed by atoms with van der Waals surface area (Å²) in [7, 11) is 0. The first kappa shape index (κ1) is 16.8. The van der Waals surface area contributed by atoms with E-state index in [1.807, 2.05) is 0 Å². The molecule has 0 aromatic carbocycles. The highest BCUT2D eigenvalue weighted by atomic mass is 16.2. The van der Waals surface area contributed by atoms with Gasteiger partial charge in [-0.3, -0.25) is 9.59 Å². The van der Waals surface area contributed by atoms with Crippen molar-refractivity contribution < 1.29 is 9.59 Å². The van der Waals surface area contributed by atoms with Crippen molar-refractivity contribution >= 4 is 11.8 Å². The number of nitrogens with zero attached hydrogens (tertiary/aromatic N) is 1. The van der Waals surface area contributed by atoms with Crippen LogP contribution < -0.4 is 5.32 Å². The fourth-order valence-corrected chi connectivity index (χ4v) is 4.27. The summed E-state index contributed by atoms with van der Waals surface area (Å²) in [5.41, 5.74) is -0.225. The zero-order valence-electron chi connectivity index (χ0n) is 14.8. The Morgan fingerprint density at radius 3 is 2.22 bits per heavy atom. The summed E-state index contributed by atoms with van der Waals surface area (Å²) in [5, 5.41) is 3.17. The van der Waals surface area contributed by atoms with Crippen molar-refractivity contribution in [3.05, 3.63) is 0 Å². The van der Waals surface area contributed by atoms with Gasteiger partial charge in [0.1, 0.15) is 0 Å². The van der Waals surface area contributed by atoms with E-state index in [0.717, 1.165) is 64.6 Å². The van der Waals surface area contributed by atoms with Crippen molar-refractivity contribution in [2.24, 2.45) is 16.7 Å². The number of hydrogen-bond acceptors (Lipinski definition) is 2. The Morgan fingerprint density at radius 1 is 1.00 bits per heavy atom. The topological polar surface area (TPSA) is 49.4 Å². The Bertz CT molecular complexity index is 466. The van der Waals surface area contributed by atoms with Crippen LogP contribution >= 0.6 is 0 Å². The van der Waals surface area contributed by atoms with Crippen LogP contribution in [0.3, 0.4) is 0 Å². The highest BCUT2D eigenvalue weighted by Crippen LogP contribution is 2.42. The van der Waals surface area contributed by atoms with E-state index in [1.54, 1.807) is 0 Å². The molecule has 4 heteroatoms. The lowest BCUT2D eigenvalue weighted by Crippen LogP contribution is -2.49. The number of likely N-dealkylation sites (tertiary alicyclic amines) is 1. The molecule has 1 atom stereocenters. The molecule has 4 nitrogen and oxygen atoms in total. The van der Waals surface area contributed by atoms with Crippen molar-refractivity contribution in [3.63, 3.8) is 0 Å². The molecule has 0 unspecified atom stereocenters. The molecule has 3 fully saturated rings. The van der Waals surface area contributed by atoms with E-state index in [0.29, 0.717) is 11.8 Å². The SMILES string of the molecule is CC1(C(=O)NC[C@H]2CCCCN(C(=O)C3(C)CCC3)C2)CCC1. The van der Waals surface area contributed by atoms with Gasteiger partial charge in [0, 0.05) is 30.5 Å². The molecule has 0 aromatic rings. The van der Waals surface area contributed by atoms with Gasteiger partial charge in [0.15, 0.2) is 0 Å². The van der Waals surface area contributed by atoms with Crippen LogP contribution in [0.1, 0.15) is 71.6 Å². The van der Waals surface area contributed by atoms with Gasteiger partial charge in [-0.05, 0) is 44.4 Å². The van der Waals surface area contributed by atoms with Crippen LogP contribution in [0.25, 0.3) is 0 Å². The highest BCUT2D eigenvalue weighted by Gasteiger charge is 2.43. The summed E-state index contributed by atoms with van der Waals surface area (Å²) in [4.78, 5) is 27.2. The molecule has 0 spiro atoms. The molecule has 0 bridgehead atoms. The molecule has 1 saturated heterocycles. The fourth-order valence-electron chi connectivity index (χ4n) is 4.27. The minimum absolute atomic E-state index is 0.0997. The van der Waals surface area contributed by atoms with Crippen molar-refractivity contribution in [1.29, 1.82) is 0 Å². The molecule has 2 saturated carbocycles. The number of amides is 2. The van der Waals surface area contributed by atoms with Gasteiger partial charge in [0.05, 0.1) is 0 Å². The van der Waals surface area contributed by atoms with E-state index < -0.39 is 0 Å². The van der Waals surface area contributed by atoms with Gasteiger partial charge in [-0.25, -0.2) is 0 Å². The summed E-state index contributed by atoms with van der Waals surface area (Å²) < 4.78 is 0. The van der Waals surface area contributed by atoms with Crippen LogP contribution in [0.15, 0.2) is 0 Å². The maximum Gasteiger partial charge on any atom is 0.228 e. The molecule has 3 rings (SSSR count). The number of carbonyl (C=O) groups is 2. The van der Waals surface area contributed by atoms with Crippen LogP contribution in [0, 0.1) is 16.7 Å². The van der Waals surface area contributed by atoms with Gasteiger partial charge in [-0.15, -0.1) is 0 Å². The molecule has 0 radical (unpaired) electrons.